The molecule has 6 nitrogen and oxygen atoms in total. The molecule has 0 bridgehead atoms. The SMILES string of the molecule is CC1CCN(CCCNC(=O)c2ccc(S(=O)(=O)N3CCCC3)cc2)CC1. The highest BCUT2D eigenvalue weighted by molar-refractivity contribution is 7.89. The van der Waals surface area contributed by atoms with Gasteiger partial charge in [-0.2, -0.15) is 4.31 Å². The maximum atomic E-state index is 12.5. The highest BCUT2D eigenvalue weighted by Crippen LogP contribution is 2.21. The van der Waals surface area contributed by atoms with E-state index < -0.39 is 10.0 Å². The van der Waals surface area contributed by atoms with Crippen molar-refractivity contribution in [1.82, 2.24) is 14.5 Å². The molecular weight excluding hydrogens is 362 g/mol. The summed E-state index contributed by atoms with van der Waals surface area (Å²) in [5.74, 6) is 0.686. The van der Waals surface area contributed by atoms with Crippen LogP contribution in [0.3, 0.4) is 0 Å². The second kappa shape index (κ2) is 9.17. The van der Waals surface area contributed by atoms with Crippen molar-refractivity contribution in [1.29, 1.82) is 0 Å². The Bertz CT molecular complexity index is 719. The fourth-order valence-corrected chi connectivity index (χ4v) is 5.27. The van der Waals surface area contributed by atoms with Crippen LogP contribution in [0.4, 0.5) is 0 Å². The van der Waals surface area contributed by atoms with Gasteiger partial charge in [-0.05, 0) is 81.9 Å². The van der Waals surface area contributed by atoms with E-state index >= 15 is 0 Å². The summed E-state index contributed by atoms with van der Waals surface area (Å²) in [5.41, 5.74) is 0.502. The van der Waals surface area contributed by atoms with Gasteiger partial charge < -0.3 is 10.2 Å². The highest BCUT2D eigenvalue weighted by atomic mass is 32.2. The topological polar surface area (TPSA) is 69.7 Å². The third kappa shape index (κ3) is 5.30. The van der Waals surface area contributed by atoms with Crippen molar-refractivity contribution >= 4 is 15.9 Å². The normalized spacial score (nSPS) is 20.0. The van der Waals surface area contributed by atoms with E-state index in [0.717, 1.165) is 44.8 Å². The Hall–Kier alpha value is -1.44. The number of carbonyl (C=O) groups is 1. The number of piperidine rings is 1. The molecule has 2 fully saturated rings. The average molecular weight is 394 g/mol. The van der Waals surface area contributed by atoms with Gasteiger partial charge in [0.15, 0.2) is 0 Å². The van der Waals surface area contributed by atoms with Crippen LogP contribution in [0.5, 0.6) is 0 Å². The summed E-state index contributed by atoms with van der Waals surface area (Å²) in [6.45, 7) is 7.43. The number of rotatable bonds is 7. The Balaban J connectivity index is 1.45. The molecule has 7 heteroatoms. The number of nitrogens with one attached hydrogen (secondary N) is 1. The first kappa shape index (κ1) is 20.3. The third-order valence-corrected chi connectivity index (χ3v) is 7.55. The molecule has 0 radical (unpaired) electrons. The van der Waals surface area contributed by atoms with E-state index in [9.17, 15) is 13.2 Å². The summed E-state index contributed by atoms with van der Waals surface area (Å²) in [6.07, 6.45) is 5.28. The van der Waals surface area contributed by atoms with Gasteiger partial charge in [-0.25, -0.2) is 8.42 Å². The lowest BCUT2D eigenvalue weighted by atomic mass is 9.99. The molecule has 27 heavy (non-hydrogen) atoms. The maximum absolute atomic E-state index is 12.5. The fourth-order valence-electron chi connectivity index (χ4n) is 3.75. The molecule has 0 unspecified atom stereocenters. The molecule has 0 aromatic heterocycles. The first-order chi connectivity index (χ1) is 13.0. The first-order valence-corrected chi connectivity index (χ1v) is 11.5. The van der Waals surface area contributed by atoms with Gasteiger partial charge in [0.25, 0.3) is 5.91 Å². The number of likely N-dealkylation sites (tertiary alicyclic amines) is 1. The lowest BCUT2D eigenvalue weighted by Crippen LogP contribution is -2.35. The maximum Gasteiger partial charge on any atom is 0.251 e. The van der Waals surface area contributed by atoms with Crippen molar-refractivity contribution in [3.63, 3.8) is 0 Å². The van der Waals surface area contributed by atoms with Crippen LogP contribution in [0.25, 0.3) is 0 Å². The Kier molecular flexibility index (Phi) is 6.89. The van der Waals surface area contributed by atoms with E-state index in [1.807, 2.05) is 0 Å². The van der Waals surface area contributed by atoms with Gasteiger partial charge in [0.1, 0.15) is 0 Å². The van der Waals surface area contributed by atoms with Crippen molar-refractivity contribution < 1.29 is 13.2 Å². The zero-order valence-corrected chi connectivity index (χ0v) is 17.0. The standard InChI is InChI=1S/C20H31N3O3S/c1-17-9-15-22(16-10-17)12-4-11-21-20(24)18-5-7-19(8-6-18)27(25,26)23-13-2-3-14-23/h5-8,17H,2-4,9-16H2,1H3,(H,21,24). The molecule has 3 rings (SSSR count). The molecule has 150 valence electrons. The third-order valence-electron chi connectivity index (χ3n) is 5.63. The number of hydrogen-bond acceptors (Lipinski definition) is 4. The van der Waals surface area contributed by atoms with Crippen molar-refractivity contribution in [3.8, 4) is 0 Å². The molecule has 2 saturated heterocycles. The quantitative estimate of drug-likeness (QED) is 0.722. The lowest BCUT2D eigenvalue weighted by Gasteiger charge is -2.30. The van der Waals surface area contributed by atoms with E-state index in [0.29, 0.717) is 25.2 Å². The van der Waals surface area contributed by atoms with Gasteiger partial charge in [0.05, 0.1) is 4.90 Å². The Morgan fingerprint density at radius 1 is 1.07 bits per heavy atom. The van der Waals surface area contributed by atoms with Crippen LogP contribution < -0.4 is 5.32 Å². The largest absolute Gasteiger partial charge is 0.352 e. The predicted octanol–water partition coefficient (Wildman–Crippen LogP) is 2.32. The van der Waals surface area contributed by atoms with E-state index in [-0.39, 0.29) is 10.8 Å². The number of hydrogen-bond donors (Lipinski definition) is 1. The lowest BCUT2D eigenvalue weighted by molar-refractivity contribution is 0.0950. The number of amides is 1. The number of sulfonamides is 1. The second-order valence-electron chi connectivity index (χ2n) is 7.77. The van der Waals surface area contributed by atoms with Crippen LogP contribution in [0.1, 0.15) is 49.4 Å². The molecule has 1 aromatic rings. The van der Waals surface area contributed by atoms with Crippen LogP contribution in [-0.2, 0) is 10.0 Å². The summed E-state index contributed by atoms with van der Waals surface area (Å²) in [5, 5.41) is 2.94. The second-order valence-corrected chi connectivity index (χ2v) is 9.71. The molecule has 1 amide bonds. The van der Waals surface area contributed by atoms with Gasteiger partial charge in [0.2, 0.25) is 10.0 Å². The smallest absolute Gasteiger partial charge is 0.251 e. The molecular formula is C20H31N3O3S. The molecule has 0 atom stereocenters. The summed E-state index contributed by atoms with van der Waals surface area (Å²) < 4.78 is 26.6. The minimum Gasteiger partial charge on any atom is -0.352 e. The monoisotopic (exact) mass is 393 g/mol. The molecule has 2 aliphatic heterocycles. The Morgan fingerprint density at radius 2 is 1.70 bits per heavy atom. The number of nitrogens with zero attached hydrogens (tertiary/aromatic N) is 2. The zero-order chi connectivity index (χ0) is 19.3. The van der Waals surface area contributed by atoms with Gasteiger partial charge in [-0.15, -0.1) is 0 Å². The van der Waals surface area contributed by atoms with Gasteiger partial charge in [0, 0.05) is 25.2 Å². The molecule has 1 aromatic carbocycles. The van der Waals surface area contributed by atoms with E-state index in [4.69, 9.17) is 0 Å². The van der Waals surface area contributed by atoms with Crippen LogP contribution >= 0.6 is 0 Å². The molecule has 1 N–H and O–H groups in total. The Morgan fingerprint density at radius 3 is 2.33 bits per heavy atom. The summed E-state index contributed by atoms with van der Waals surface area (Å²) in [4.78, 5) is 15.0. The highest BCUT2D eigenvalue weighted by Gasteiger charge is 2.27. The molecule has 2 heterocycles. The first-order valence-electron chi connectivity index (χ1n) is 10.1. The van der Waals surface area contributed by atoms with Crippen molar-refractivity contribution in [2.45, 2.75) is 43.9 Å². The van der Waals surface area contributed by atoms with Gasteiger partial charge in [-0.1, -0.05) is 6.92 Å². The number of carbonyl (C=O) groups excluding carboxylic acids is 1. The minimum atomic E-state index is -3.42. The van der Waals surface area contributed by atoms with E-state index in [2.05, 4.69) is 17.1 Å². The van der Waals surface area contributed by atoms with Gasteiger partial charge in [-0.3, -0.25) is 4.79 Å². The fraction of sp³-hybridized carbons (Fsp3) is 0.650. The average Bonchev–Trinajstić information content (AvgIpc) is 3.22. The minimum absolute atomic E-state index is 0.146. The Labute approximate surface area is 163 Å². The summed E-state index contributed by atoms with van der Waals surface area (Å²) in [7, 11) is -3.42. The van der Waals surface area contributed by atoms with Crippen LogP contribution in [0, 0.1) is 5.92 Å². The van der Waals surface area contributed by atoms with E-state index in [1.54, 1.807) is 12.1 Å². The van der Waals surface area contributed by atoms with Crippen LogP contribution in [0.15, 0.2) is 29.2 Å². The molecule has 0 spiro atoms. The zero-order valence-electron chi connectivity index (χ0n) is 16.2. The van der Waals surface area contributed by atoms with Crippen molar-refractivity contribution in [2.75, 3.05) is 39.3 Å². The summed E-state index contributed by atoms with van der Waals surface area (Å²) >= 11 is 0. The van der Waals surface area contributed by atoms with Crippen molar-refractivity contribution in [2.24, 2.45) is 5.92 Å². The summed E-state index contributed by atoms with van der Waals surface area (Å²) in [6, 6.07) is 6.28. The molecule has 0 saturated carbocycles. The molecule has 0 aliphatic carbocycles. The van der Waals surface area contributed by atoms with Crippen LogP contribution in [0.2, 0.25) is 0 Å². The van der Waals surface area contributed by atoms with Crippen molar-refractivity contribution in [3.05, 3.63) is 29.8 Å². The predicted molar refractivity (Wildman–Crippen MR) is 106 cm³/mol. The number of benzene rings is 1. The van der Waals surface area contributed by atoms with Crippen LogP contribution in [-0.4, -0.2) is 62.8 Å². The van der Waals surface area contributed by atoms with Gasteiger partial charge >= 0.3 is 0 Å². The molecule has 2 aliphatic rings. The van der Waals surface area contributed by atoms with E-state index in [1.165, 1.54) is 29.3 Å².